The molecule has 0 rings (SSSR count). The number of nitrogens with zero attached hydrogens (tertiary/aromatic N) is 1. The highest BCUT2D eigenvalue weighted by molar-refractivity contribution is 4.65. The maximum atomic E-state index is 3.30. The molecule has 0 aliphatic carbocycles. The second kappa shape index (κ2) is 10.1. The van der Waals surface area contributed by atoms with Crippen molar-refractivity contribution in [2.75, 3.05) is 20.1 Å². The summed E-state index contributed by atoms with van der Waals surface area (Å²) in [5.41, 5.74) is 0. The summed E-state index contributed by atoms with van der Waals surface area (Å²) in [5, 5.41) is 3.30. The van der Waals surface area contributed by atoms with Gasteiger partial charge in [0.2, 0.25) is 0 Å². The highest BCUT2D eigenvalue weighted by atomic mass is 15.1. The predicted octanol–water partition coefficient (Wildman–Crippen LogP) is 3.28. The van der Waals surface area contributed by atoms with Crippen molar-refractivity contribution >= 4 is 0 Å². The average molecular weight is 228 g/mol. The van der Waals surface area contributed by atoms with Gasteiger partial charge in [-0.3, -0.25) is 0 Å². The average Bonchev–Trinajstić information content (AvgIpc) is 2.26. The maximum absolute atomic E-state index is 3.30. The molecule has 1 atom stereocenters. The van der Waals surface area contributed by atoms with Gasteiger partial charge in [0, 0.05) is 12.1 Å². The topological polar surface area (TPSA) is 15.3 Å². The first-order valence-corrected chi connectivity index (χ1v) is 7.03. The van der Waals surface area contributed by atoms with Crippen LogP contribution in [0.25, 0.3) is 0 Å². The molecule has 0 fully saturated rings. The van der Waals surface area contributed by atoms with Crippen molar-refractivity contribution < 1.29 is 0 Å². The van der Waals surface area contributed by atoms with Gasteiger partial charge in [0.25, 0.3) is 0 Å². The molecule has 0 saturated carbocycles. The summed E-state index contributed by atoms with van der Waals surface area (Å²) in [5.74, 6) is 0. The van der Waals surface area contributed by atoms with Crippen molar-refractivity contribution in [1.82, 2.24) is 10.2 Å². The van der Waals surface area contributed by atoms with E-state index in [1.54, 1.807) is 0 Å². The lowest BCUT2D eigenvalue weighted by Crippen LogP contribution is -2.33. The van der Waals surface area contributed by atoms with Crippen LogP contribution in [0.1, 0.15) is 59.8 Å². The molecule has 98 valence electrons. The monoisotopic (exact) mass is 228 g/mol. The minimum absolute atomic E-state index is 0.657. The highest BCUT2D eigenvalue weighted by Crippen LogP contribution is 2.06. The van der Waals surface area contributed by atoms with Gasteiger partial charge in [-0.15, -0.1) is 0 Å². The Morgan fingerprint density at radius 2 is 1.62 bits per heavy atom. The SMILES string of the molecule is CCCCCN(CCCC(C)NC)C(C)C. The first-order valence-electron chi connectivity index (χ1n) is 7.03. The van der Waals surface area contributed by atoms with Gasteiger partial charge in [0.05, 0.1) is 0 Å². The van der Waals surface area contributed by atoms with Crippen LogP contribution < -0.4 is 5.32 Å². The molecule has 2 nitrogen and oxygen atoms in total. The summed E-state index contributed by atoms with van der Waals surface area (Å²) in [6.07, 6.45) is 6.65. The fourth-order valence-corrected chi connectivity index (χ4v) is 1.94. The van der Waals surface area contributed by atoms with E-state index in [-0.39, 0.29) is 0 Å². The second-order valence-corrected chi connectivity index (χ2v) is 5.17. The third kappa shape index (κ3) is 8.12. The van der Waals surface area contributed by atoms with Crippen LogP contribution in [0.3, 0.4) is 0 Å². The van der Waals surface area contributed by atoms with E-state index in [2.05, 4.69) is 37.9 Å². The van der Waals surface area contributed by atoms with Crippen LogP contribution in [0.4, 0.5) is 0 Å². The molecule has 0 amide bonds. The van der Waals surface area contributed by atoms with E-state index in [9.17, 15) is 0 Å². The summed E-state index contributed by atoms with van der Waals surface area (Å²) in [4.78, 5) is 2.62. The van der Waals surface area contributed by atoms with Gasteiger partial charge in [0.15, 0.2) is 0 Å². The lowest BCUT2D eigenvalue weighted by atomic mass is 10.1. The summed E-state index contributed by atoms with van der Waals surface area (Å²) in [6, 6.07) is 1.35. The summed E-state index contributed by atoms with van der Waals surface area (Å²) < 4.78 is 0. The van der Waals surface area contributed by atoms with E-state index < -0.39 is 0 Å². The Hall–Kier alpha value is -0.0800. The molecular weight excluding hydrogens is 196 g/mol. The third-order valence-electron chi connectivity index (χ3n) is 3.35. The first kappa shape index (κ1) is 15.9. The Morgan fingerprint density at radius 1 is 1.00 bits per heavy atom. The van der Waals surface area contributed by atoms with Crippen molar-refractivity contribution in [1.29, 1.82) is 0 Å². The van der Waals surface area contributed by atoms with Gasteiger partial charge in [-0.05, 0) is 60.2 Å². The van der Waals surface area contributed by atoms with Crippen molar-refractivity contribution in [2.24, 2.45) is 0 Å². The van der Waals surface area contributed by atoms with E-state index in [0.717, 1.165) is 0 Å². The maximum Gasteiger partial charge on any atom is 0.00385 e. The molecule has 16 heavy (non-hydrogen) atoms. The fourth-order valence-electron chi connectivity index (χ4n) is 1.94. The molecule has 0 aromatic rings. The zero-order valence-corrected chi connectivity index (χ0v) is 12.1. The smallest absolute Gasteiger partial charge is 0.00385 e. The van der Waals surface area contributed by atoms with E-state index in [1.165, 1.54) is 45.2 Å². The first-order chi connectivity index (χ1) is 7.61. The fraction of sp³-hybridized carbons (Fsp3) is 1.00. The number of nitrogens with one attached hydrogen (secondary N) is 1. The van der Waals surface area contributed by atoms with Crippen LogP contribution in [0.2, 0.25) is 0 Å². The molecule has 0 aromatic carbocycles. The van der Waals surface area contributed by atoms with Crippen molar-refractivity contribution in [2.45, 2.75) is 71.9 Å². The molecule has 0 aromatic heterocycles. The summed E-state index contributed by atoms with van der Waals surface area (Å²) >= 11 is 0. The minimum atomic E-state index is 0.657. The van der Waals surface area contributed by atoms with Crippen LogP contribution in [-0.4, -0.2) is 37.1 Å². The Bertz CT molecular complexity index is 146. The van der Waals surface area contributed by atoms with E-state index >= 15 is 0 Å². The van der Waals surface area contributed by atoms with Gasteiger partial charge in [-0.1, -0.05) is 19.8 Å². The number of unbranched alkanes of at least 4 members (excludes halogenated alkanes) is 2. The molecule has 0 saturated heterocycles. The van der Waals surface area contributed by atoms with E-state index in [1.807, 2.05) is 7.05 Å². The van der Waals surface area contributed by atoms with Crippen LogP contribution in [0.5, 0.6) is 0 Å². The summed E-state index contributed by atoms with van der Waals surface area (Å²) in [7, 11) is 2.05. The Balaban J connectivity index is 3.68. The lowest BCUT2D eigenvalue weighted by Gasteiger charge is -2.27. The molecule has 1 N–H and O–H groups in total. The molecule has 0 aliphatic heterocycles. The molecule has 1 unspecified atom stereocenters. The minimum Gasteiger partial charge on any atom is -0.317 e. The van der Waals surface area contributed by atoms with Gasteiger partial charge in [-0.2, -0.15) is 0 Å². The second-order valence-electron chi connectivity index (χ2n) is 5.17. The third-order valence-corrected chi connectivity index (χ3v) is 3.35. The van der Waals surface area contributed by atoms with Gasteiger partial charge in [-0.25, -0.2) is 0 Å². The standard InChI is InChI=1S/C14H32N2/c1-6-7-8-11-16(13(2)3)12-9-10-14(4)15-5/h13-15H,6-12H2,1-5H3. The quantitative estimate of drug-likeness (QED) is 0.577. The molecule has 0 spiro atoms. The Morgan fingerprint density at radius 3 is 2.12 bits per heavy atom. The number of hydrogen-bond donors (Lipinski definition) is 1. The van der Waals surface area contributed by atoms with Gasteiger partial charge < -0.3 is 10.2 Å². The van der Waals surface area contributed by atoms with Crippen molar-refractivity contribution in [3.8, 4) is 0 Å². The Kier molecular flexibility index (Phi) is 10.0. The van der Waals surface area contributed by atoms with Crippen LogP contribution in [0, 0.1) is 0 Å². The summed E-state index contributed by atoms with van der Waals surface area (Å²) in [6.45, 7) is 11.7. The zero-order valence-electron chi connectivity index (χ0n) is 12.1. The van der Waals surface area contributed by atoms with Crippen LogP contribution in [0.15, 0.2) is 0 Å². The number of rotatable bonds is 10. The molecule has 0 radical (unpaired) electrons. The zero-order chi connectivity index (χ0) is 12.4. The molecule has 2 heteroatoms. The van der Waals surface area contributed by atoms with Crippen LogP contribution in [-0.2, 0) is 0 Å². The molecular formula is C14H32N2. The Labute approximate surface area is 103 Å². The largest absolute Gasteiger partial charge is 0.317 e. The van der Waals surface area contributed by atoms with E-state index in [4.69, 9.17) is 0 Å². The molecule has 0 aliphatic rings. The van der Waals surface area contributed by atoms with Gasteiger partial charge in [0.1, 0.15) is 0 Å². The van der Waals surface area contributed by atoms with Crippen molar-refractivity contribution in [3.63, 3.8) is 0 Å². The highest BCUT2D eigenvalue weighted by Gasteiger charge is 2.08. The normalized spacial score (nSPS) is 13.7. The van der Waals surface area contributed by atoms with Crippen molar-refractivity contribution in [3.05, 3.63) is 0 Å². The molecule has 0 bridgehead atoms. The number of hydrogen-bond acceptors (Lipinski definition) is 2. The van der Waals surface area contributed by atoms with Crippen LogP contribution >= 0.6 is 0 Å². The predicted molar refractivity (Wildman–Crippen MR) is 74.0 cm³/mol. The molecule has 0 heterocycles. The van der Waals surface area contributed by atoms with Gasteiger partial charge >= 0.3 is 0 Å². The lowest BCUT2D eigenvalue weighted by molar-refractivity contribution is 0.210. The van der Waals surface area contributed by atoms with E-state index in [0.29, 0.717) is 12.1 Å².